The number of hydrogen-bond acceptors (Lipinski definition) is 5. The normalized spacial score (nSPS) is 15.4. The van der Waals surface area contributed by atoms with Crippen LogP contribution in [-0.4, -0.2) is 23.6 Å². The van der Waals surface area contributed by atoms with Gasteiger partial charge in [0, 0.05) is 5.69 Å². The van der Waals surface area contributed by atoms with Crippen LogP contribution in [0.25, 0.3) is 6.08 Å². The van der Waals surface area contributed by atoms with Crippen molar-refractivity contribution in [3.05, 3.63) is 93.1 Å². The number of carbonyl (C=O) groups is 2. The van der Waals surface area contributed by atoms with Crippen molar-refractivity contribution in [3.63, 3.8) is 0 Å². The molecule has 0 saturated carbocycles. The highest BCUT2D eigenvalue weighted by molar-refractivity contribution is 8.18. The van der Waals surface area contributed by atoms with Crippen LogP contribution in [0.5, 0.6) is 5.75 Å². The number of hydrogen-bond donors (Lipinski definition) is 2. The number of thioether (sulfide) groups is 1. The van der Waals surface area contributed by atoms with Crippen molar-refractivity contribution >= 4 is 69.4 Å². The van der Waals surface area contributed by atoms with E-state index in [1.54, 1.807) is 48.5 Å². The first-order valence-corrected chi connectivity index (χ1v) is 11.5. The lowest BCUT2D eigenvalue weighted by atomic mass is 10.2. The summed E-state index contributed by atoms with van der Waals surface area (Å²) in [6.07, 6.45) is 1.72. The Kier molecular flexibility index (Phi) is 7.52. The summed E-state index contributed by atoms with van der Waals surface area (Å²) in [5.74, 6) is -0.548. The Bertz CT molecular complexity index is 1300. The Balaban J connectivity index is 1.35. The molecule has 172 valence electrons. The molecule has 1 aliphatic heterocycles. The molecule has 3 aromatic carbocycles. The molecule has 2 amide bonds. The third-order valence-electron chi connectivity index (χ3n) is 4.48. The van der Waals surface area contributed by atoms with Gasteiger partial charge in [0.2, 0.25) is 0 Å². The number of nitrogens with one attached hydrogen (secondary N) is 2. The fourth-order valence-corrected chi connectivity index (χ4v) is 4.03. The second kappa shape index (κ2) is 10.7. The van der Waals surface area contributed by atoms with Gasteiger partial charge in [0.15, 0.2) is 11.8 Å². The molecule has 0 radical (unpaired) electrons. The summed E-state index contributed by atoms with van der Waals surface area (Å²) in [5, 5.41) is 6.40. The van der Waals surface area contributed by atoms with Gasteiger partial charge in [0.25, 0.3) is 11.8 Å². The zero-order valence-corrected chi connectivity index (χ0v) is 19.7. The predicted octanol–water partition coefficient (Wildman–Crippen LogP) is 6.04. The lowest BCUT2D eigenvalue weighted by molar-refractivity contribution is -0.118. The number of aliphatic imine (C=N–C) groups is 1. The highest BCUT2D eigenvalue weighted by Gasteiger charge is 2.24. The fraction of sp³-hybridized carbons (Fsp3) is 0.0417. The summed E-state index contributed by atoms with van der Waals surface area (Å²) in [5.41, 5.74) is 1.70. The summed E-state index contributed by atoms with van der Waals surface area (Å²) in [6, 6.07) is 17.4. The minimum Gasteiger partial charge on any atom is -0.484 e. The zero-order valence-electron chi connectivity index (χ0n) is 17.3. The van der Waals surface area contributed by atoms with Gasteiger partial charge in [-0.2, -0.15) is 0 Å². The average molecular weight is 516 g/mol. The van der Waals surface area contributed by atoms with Gasteiger partial charge in [-0.05, 0) is 71.9 Å². The highest BCUT2D eigenvalue weighted by Crippen LogP contribution is 2.34. The van der Waals surface area contributed by atoms with Crippen LogP contribution in [-0.2, 0) is 9.59 Å². The standard InChI is InChI=1S/C24H16Cl2FN3O3S/c25-18-2-1-3-19(22(18)26)29-24-30-23(32)20(34-24)12-14-4-10-17(11-5-14)33-13-21(31)28-16-8-6-15(27)7-9-16/h1-12H,13H2,(H,28,31)(H,29,30,32)/b20-12+. The minimum atomic E-state index is -0.383. The zero-order chi connectivity index (χ0) is 24.1. The summed E-state index contributed by atoms with van der Waals surface area (Å²) >= 11 is 13.3. The Labute approximate surface area is 208 Å². The van der Waals surface area contributed by atoms with Crippen LogP contribution in [0, 0.1) is 5.82 Å². The summed E-state index contributed by atoms with van der Waals surface area (Å²) in [7, 11) is 0. The first-order valence-electron chi connectivity index (χ1n) is 9.89. The van der Waals surface area contributed by atoms with Crippen molar-refractivity contribution in [3.8, 4) is 5.75 Å². The van der Waals surface area contributed by atoms with Gasteiger partial charge in [-0.1, -0.05) is 41.4 Å². The SMILES string of the molecule is O=C(COc1ccc(/C=C2/SC(=Nc3cccc(Cl)c3Cl)NC2=O)cc1)Nc1ccc(F)cc1. The molecule has 34 heavy (non-hydrogen) atoms. The molecule has 0 aromatic heterocycles. The van der Waals surface area contributed by atoms with Gasteiger partial charge in [0.1, 0.15) is 11.6 Å². The van der Waals surface area contributed by atoms with E-state index in [2.05, 4.69) is 15.6 Å². The molecule has 0 unspecified atom stereocenters. The quantitative estimate of drug-likeness (QED) is 0.392. The number of carbonyl (C=O) groups excluding carboxylic acids is 2. The maximum absolute atomic E-state index is 12.9. The van der Waals surface area contributed by atoms with Crippen LogP contribution < -0.4 is 15.4 Å². The topological polar surface area (TPSA) is 79.8 Å². The number of amides is 2. The number of amidine groups is 1. The molecule has 0 bridgehead atoms. The van der Waals surface area contributed by atoms with E-state index >= 15 is 0 Å². The molecular weight excluding hydrogens is 500 g/mol. The summed E-state index contributed by atoms with van der Waals surface area (Å²) in [4.78, 5) is 29.1. The van der Waals surface area contributed by atoms with E-state index in [-0.39, 0.29) is 24.2 Å². The van der Waals surface area contributed by atoms with Gasteiger partial charge in [-0.3, -0.25) is 9.59 Å². The van der Waals surface area contributed by atoms with E-state index in [1.807, 2.05) is 0 Å². The minimum absolute atomic E-state index is 0.206. The van der Waals surface area contributed by atoms with Crippen LogP contribution in [0.2, 0.25) is 10.0 Å². The molecule has 10 heteroatoms. The molecule has 0 spiro atoms. The molecular formula is C24H16Cl2FN3O3S. The van der Waals surface area contributed by atoms with Crippen LogP contribution in [0.4, 0.5) is 15.8 Å². The molecule has 1 aliphatic rings. The molecule has 2 N–H and O–H groups in total. The first-order chi connectivity index (χ1) is 16.4. The third kappa shape index (κ3) is 6.17. The molecule has 1 saturated heterocycles. The Morgan fingerprint density at radius 2 is 1.82 bits per heavy atom. The Morgan fingerprint density at radius 3 is 2.56 bits per heavy atom. The molecule has 0 atom stereocenters. The second-order valence-corrected chi connectivity index (χ2v) is 8.78. The monoisotopic (exact) mass is 515 g/mol. The van der Waals surface area contributed by atoms with E-state index in [1.165, 1.54) is 36.0 Å². The van der Waals surface area contributed by atoms with Crippen LogP contribution >= 0.6 is 35.0 Å². The molecule has 6 nitrogen and oxygen atoms in total. The van der Waals surface area contributed by atoms with E-state index in [9.17, 15) is 14.0 Å². The maximum atomic E-state index is 12.9. The second-order valence-electron chi connectivity index (χ2n) is 6.97. The highest BCUT2D eigenvalue weighted by atomic mass is 35.5. The average Bonchev–Trinajstić information content (AvgIpc) is 3.16. The number of benzene rings is 3. The number of ether oxygens (including phenoxy) is 1. The van der Waals surface area contributed by atoms with E-state index in [0.29, 0.717) is 37.2 Å². The van der Waals surface area contributed by atoms with Gasteiger partial charge in [-0.15, -0.1) is 0 Å². The smallest absolute Gasteiger partial charge is 0.264 e. The predicted molar refractivity (Wildman–Crippen MR) is 134 cm³/mol. The molecule has 0 aliphatic carbocycles. The van der Waals surface area contributed by atoms with Crippen LogP contribution in [0.3, 0.4) is 0 Å². The summed E-state index contributed by atoms with van der Waals surface area (Å²) in [6.45, 7) is -0.206. The number of anilines is 1. The first kappa shape index (κ1) is 23.8. The molecule has 1 fully saturated rings. The van der Waals surface area contributed by atoms with Crippen molar-refractivity contribution in [2.45, 2.75) is 0 Å². The Hall–Kier alpha value is -3.33. The maximum Gasteiger partial charge on any atom is 0.264 e. The fourth-order valence-electron chi connectivity index (χ4n) is 2.86. The van der Waals surface area contributed by atoms with Gasteiger partial charge < -0.3 is 15.4 Å². The number of nitrogens with zero attached hydrogens (tertiary/aromatic N) is 1. The van der Waals surface area contributed by atoms with E-state index in [4.69, 9.17) is 27.9 Å². The number of halogens is 3. The van der Waals surface area contributed by atoms with Crippen molar-refractivity contribution in [2.24, 2.45) is 4.99 Å². The molecule has 3 aromatic rings. The Morgan fingerprint density at radius 1 is 1.09 bits per heavy atom. The van der Waals surface area contributed by atoms with Gasteiger partial charge >= 0.3 is 0 Å². The van der Waals surface area contributed by atoms with E-state index in [0.717, 1.165) is 5.56 Å². The lowest BCUT2D eigenvalue weighted by Gasteiger charge is -2.08. The van der Waals surface area contributed by atoms with Crippen molar-refractivity contribution in [2.75, 3.05) is 11.9 Å². The molecule has 4 rings (SSSR count). The van der Waals surface area contributed by atoms with Crippen LogP contribution in [0.15, 0.2) is 76.6 Å². The van der Waals surface area contributed by atoms with Crippen LogP contribution in [0.1, 0.15) is 5.56 Å². The molecule has 1 heterocycles. The number of rotatable bonds is 6. The van der Waals surface area contributed by atoms with Crippen molar-refractivity contribution < 1.29 is 18.7 Å². The summed E-state index contributed by atoms with van der Waals surface area (Å²) < 4.78 is 18.4. The largest absolute Gasteiger partial charge is 0.484 e. The van der Waals surface area contributed by atoms with Gasteiger partial charge in [-0.25, -0.2) is 9.38 Å². The van der Waals surface area contributed by atoms with Crippen molar-refractivity contribution in [1.29, 1.82) is 0 Å². The van der Waals surface area contributed by atoms with E-state index < -0.39 is 0 Å². The van der Waals surface area contributed by atoms with Crippen molar-refractivity contribution in [1.82, 2.24) is 5.32 Å². The van der Waals surface area contributed by atoms with Gasteiger partial charge in [0.05, 0.1) is 20.6 Å². The third-order valence-corrected chi connectivity index (χ3v) is 6.20. The lowest BCUT2D eigenvalue weighted by Crippen LogP contribution is -2.20.